The lowest BCUT2D eigenvalue weighted by Crippen LogP contribution is -2.13. The highest BCUT2D eigenvalue weighted by molar-refractivity contribution is 7.92. The van der Waals surface area contributed by atoms with Crippen LogP contribution in [0.2, 0.25) is 0 Å². The van der Waals surface area contributed by atoms with E-state index in [1.807, 2.05) is 0 Å². The fourth-order valence-electron chi connectivity index (χ4n) is 1.95. The van der Waals surface area contributed by atoms with E-state index < -0.39 is 10.0 Å². The minimum Gasteiger partial charge on any atom is -0.326 e. The molecule has 2 N–H and O–H groups in total. The summed E-state index contributed by atoms with van der Waals surface area (Å²) in [5.41, 5.74) is 1.26. The first-order valence-electron chi connectivity index (χ1n) is 6.79. The lowest BCUT2D eigenvalue weighted by Gasteiger charge is -2.10. The number of nitrogens with one attached hydrogen (secondary N) is 2. The third-order valence-corrected chi connectivity index (χ3v) is 4.40. The van der Waals surface area contributed by atoms with Gasteiger partial charge in [0, 0.05) is 18.2 Å². The molecule has 2 rings (SSSR count). The Morgan fingerprint density at radius 3 is 2.09 bits per heavy atom. The van der Waals surface area contributed by atoms with Crippen molar-refractivity contribution in [2.24, 2.45) is 0 Å². The van der Waals surface area contributed by atoms with Crippen molar-refractivity contribution in [1.29, 1.82) is 0 Å². The van der Waals surface area contributed by atoms with Gasteiger partial charge in [-0.25, -0.2) is 8.42 Å². The smallest absolute Gasteiger partial charge is 0.261 e. The van der Waals surface area contributed by atoms with Gasteiger partial charge in [0.1, 0.15) is 0 Å². The van der Waals surface area contributed by atoms with Crippen LogP contribution in [0.1, 0.15) is 24.2 Å². The van der Waals surface area contributed by atoms with E-state index in [9.17, 15) is 18.0 Å². The van der Waals surface area contributed by atoms with E-state index in [2.05, 4.69) is 10.0 Å². The van der Waals surface area contributed by atoms with Gasteiger partial charge in [0.2, 0.25) is 5.91 Å². The molecule has 0 atom stereocenters. The molecular formula is C16H16N2O4S. The molecule has 2 aromatic rings. The number of carbonyl (C=O) groups is 2. The molecule has 0 aliphatic carbocycles. The fourth-order valence-corrected chi connectivity index (χ4v) is 3.00. The van der Waals surface area contributed by atoms with E-state index in [1.165, 1.54) is 44.2 Å². The van der Waals surface area contributed by atoms with Crippen LogP contribution in [0.15, 0.2) is 53.4 Å². The molecule has 0 aliphatic heterocycles. The van der Waals surface area contributed by atoms with Gasteiger partial charge in [-0.2, -0.15) is 0 Å². The van der Waals surface area contributed by atoms with Gasteiger partial charge in [-0.05, 0) is 37.3 Å². The second-order valence-electron chi connectivity index (χ2n) is 4.95. The number of benzene rings is 2. The number of rotatable bonds is 5. The van der Waals surface area contributed by atoms with E-state index in [0.717, 1.165) is 0 Å². The summed E-state index contributed by atoms with van der Waals surface area (Å²) in [6, 6.07) is 12.0. The van der Waals surface area contributed by atoms with Crippen LogP contribution in [-0.2, 0) is 14.8 Å². The van der Waals surface area contributed by atoms with Crippen molar-refractivity contribution in [3.63, 3.8) is 0 Å². The van der Waals surface area contributed by atoms with E-state index >= 15 is 0 Å². The summed E-state index contributed by atoms with van der Waals surface area (Å²) in [6.45, 7) is 2.78. The molecule has 0 bridgehead atoms. The van der Waals surface area contributed by atoms with Crippen LogP contribution in [0.25, 0.3) is 0 Å². The summed E-state index contributed by atoms with van der Waals surface area (Å²) >= 11 is 0. The molecule has 0 fully saturated rings. The van der Waals surface area contributed by atoms with Crippen LogP contribution in [0.3, 0.4) is 0 Å². The van der Waals surface area contributed by atoms with E-state index in [1.54, 1.807) is 18.2 Å². The number of amides is 1. The molecule has 0 heterocycles. The Morgan fingerprint density at radius 2 is 1.52 bits per heavy atom. The molecule has 1 amide bonds. The van der Waals surface area contributed by atoms with Crippen molar-refractivity contribution < 1.29 is 18.0 Å². The Bertz CT molecular complexity index is 843. The monoisotopic (exact) mass is 332 g/mol. The number of anilines is 2. The van der Waals surface area contributed by atoms with Crippen LogP contribution in [0.5, 0.6) is 0 Å². The van der Waals surface area contributed by atoms with Gasteiger partial charge in [0.05, 0.1) is 10.6 Å². The third kappa shape index (κ3) is 4.40. The molecule has 0 unspecified atom stereocenters. The maximum atomic E-state index is 12.3. The van der Waals surface area contributed by atoms with Crippen molar-refractivity contribution >= 4 is 33.1 Å². The Hall–Kier alpha value is -2.67. The largest absolute Gasteiger partial charge is 0.326 e. The quantitative estimate of drug-likeness (QED) is 0.823. The van der Waals surface area contributed by atoms with Gasteiger partial charge in [0.15, 0.2) is 5.78 Å². The second kappa shape index (κ2) is 6.62. The third-order valence-electron chi connectivity index (χ3n) is 3.01. The first-order chi connectivity index (χ1) is 10.8. The van der Waals surface area contributed by atoms with Gasteiger partial charge in [0.25, 0.3) is 10.0 Å². The zero-order valence-electron chi connectivity index (χ0n) is 12.7. The van der Waals surface area contributed by atoms with Crippen molar-refractivity contribution in [3.05, 3.63) is 54.1 Å². The van der Waals surface area contributed by atoms with Gasteiger partial charge in [-0.3, -0.25) is 14.3 Å². The second-order valence-corrected chi connectivity index (χ2v) is 6.63. The molecule has 0 radical (unpaired) electrons. The van der Waals surface area contributed by atoms with Crippen LogP contribution in [0.4, 0.5) is 11.4 Å². The molecule has 120 valence electrons. The SMILES string of the molecule is CC(=O)Nc1cccc(NS(=O)(=O)c2ccc(C(C)=O)cc2)c1. The highest BCUT2D eigenvalue weighted by Gasteiger charge is 2.14. The molecule has 23 heavy (non-hydrogen) atoms. The minimum atomic E-state index is -3.78. The summed E-state index contributed by atoms with van der Waals surface area (Å²) in [4.78, 5) is 22.3. The lowest BCUT2D eigenvalue weighted by molar-refractivity contribution is -0.114. The minimum absolute atomic E-state index is 0.0485. The van der Waals surface area contributed by atoms with Crippen LogP contribution in [0, 0.1) is 0 Å². The molecule has 0 spiro atoms. The van der Waals surface area contributed by atoms with E-state index in [4.69, 9.17) is 0 Å². The average molecular weight is 332 g/mol. The number of ketones is 1. The highest BCUT2D eigenvalue weighted by atomic mass is 32.2. The predicted octanol–water partition coefficient (Wildman–Crippen LogP) is 2.65. The first kappa shape index (κ1) is 16.7. The maximum absolute atomic E-state index is 12.3. The standard InChI is InChI=1S/C16H16N2O4S/c1-11(19)13-6-8-16(9-7-13)23(21,22)18-15-5-3-4-14(10-15)17-12(2)20/h3-10,18H,1-2H3,(H,17,20). The molecule has 2 aromatic carbocycles. The summed E-state index contributed by atoms with van der Waals surface area (Å²) in [5, 5.41) is 2.58. The first-order valence-corrected chi connectivity index (χ1v) is 8.28. The topological polar surface area (TPSA) is 92.3 Å². The zero-order chi connectivity index (χ0) is 17.0. The predicted molar refractivity (Wildman–Crippen MR) is 88.0 cm³/mol. The normalized spacial score (nSPS) is 10.9. The average Bonchev–Trinajstić information content (AvgIpc) is 2.46. The van der Waals surface area contributed by atoms with Crippen molar-refractivity contribution in [2.45, 2.75) is 18.7 Å². The molecule has 0 saturated heterocycles. The highest BCUT2D eigenvalue weighted by Crippen LogP contribution is 2.20. The van der Waals surface area contributed by atoms with Crippen molar-refractivity contribution in [1.82, 2.24) is 0 Å². The molecule has 6 nitrogen and oxygen atoms in total. The number of sulfonamides is 1. The Morgan fingerprint density at radius 1 is 0.913 bits per heavy atom. The number of hydrogen-bond acceptors (Lipinski definition) is 4. The van der Waals surface area contributed by atoms with Gasteiger partial charge >= 0.3 is 0 Å². The van der Waals surface area contributed by atoms with Crippen LogP contribution in [-0.4, -0.2) is 20.1 Å². The maximum Gasteiger partial charge on any atom is 0.261 e. The van der Waals surface area contributed by atoms with Crippen molar-refractivity contribution in [3.8, 4) is 0 Å². The zero-order valence-corrected chi connectivity index (χ0v) is 13.5. The Labute approximate surface area is 134 Å². The van der Waals surface area contributed by atoms with Crippen LogP contribution < -0.4 is 10.0 Å². The molecule has 0 aromatic heterocycles. The Balaban J connectivity index is 2.24. The van der Waals surface area contributed by atoms with Crippen LogP contribution >= 0.6 is 0 Å². The summed E-state index contributed by atoms with van der Waals surface area (Å²) in [7, 11) is -3.78. The summed E-state index contributed by atoms with van der Waals surface area (Å²) in [6.07, 6.45) is 0. The summed E-state index contributed by atoms with van der Waals surface area (Å²) < 4.78 is 27.1. The number of hydrogen-bond donors (Lipinski definition) is 2. The number of carbonyl (C=O) groups excluding carboxylic acids is 2. The van der Waals surface area contributed by atoms with Gasteiger partial charge < -0.3 is 5.32 Å². The van der Waals surface area contributed by atoms with Crippen molar-refractivity contribution in [2.75, 3.05) is 10.0 Å². The Kier molecular flexibility index (Phi) is 4.80. The van der Waals surface area contributed by atoms with Gasteiger partial charge in [-0.1, -0.05) is 18.2 Å². The van der Waals surface area contributed by atoms with E-state index in [0.29, 0.717) is 16.9 Å². The summed E-state index contributed by atoms with van der Waals surface area (Å²) in [5.74, 6) is -0.380. The fraction of sp³-hybridized carbons (Fsp3) is 0.125. The molecule has 0 aliphatic rings. The lowest BCUT2D eigenvalue weighted by atomic mass is 10.2. The van der Waals surface area contributed by atoms with E-state index in [-0.39, 0.29) is 16.6 Å². The number of Topliss-reactive ketones (excluding diaryl/α,β-unsaturated/α-hetero) is 1. The van der Waals surface area contributed by atoms with Gasteiger partial charge in [-0.15, -0.1) is 0 Å². The molecule has 0 saturated carbocycles. The molecular weight excluding hydrogens is 316 g/mol. The molecule has 7 heteroatoms.